The van der Waals surface area contributed by atoms with E-state index in [2.05, 4.69) is 10.3 Å². The summed E-state index contributed by atoms with van der Waals surface area (Å²) in [7, 11) is 0. The average molecular weight is 344 g/mol. The van der Waals surface area contributed by atoms with Gasteiger partial charge in [-0.2, -0.15) is 0 Å². The van der Waals surface area contributed by atoms with Crippen LogP contribution in [0.3, 0.4) is 0 Å². The number of aryl methyl sites for hydroxylation is 1. The summed E-state index contributed by atoms with van der Waals surface area (Å²) in [6, 6.07) is 9.61. The van der Waals surface area contributed by atoms with Gasteiger partial charge in [-0.3, -0.25) is 4.79 Å². The third-order valence-electron chi connectivity index (χ3n) is 4.08. The maximum atomic E-state index is 12.9. The molecule has 1 aliphatic rings. The highest BCUT2D eigenvalue weighted by Crippen LogP contribution is 2.23. The molecule has 3 rings (SSSR count). The summed E-state index contributed by atoms with van der Waals surface area (Å²) >= 11 is 0. The van der Waals surface area contributed by atoms with E-state index in [0.29, 0.717) is 31.9 Å². The van der Waals surface area contributed by atoms with Gasteiger partial charge in [-0.1, -0.05) is 23.4 Å². The number of carbonyl (C=O) groups excluding carboxylic acids is 1. The molecule has 1 aliphatic heterocycles. The van der Waals surface area contributed by atoms with Crippen molar-refractivity contribution < 1.29 is 14.3 Å². The molecule has 0 saturated carbocycles. The molecule has 2 aromatic rings. The number of aromatic nitrogens is 3. The number of benzene rings is 1. The van der Waals surface area contributed by atoms with Crippen LogP contribution in [0.5, 0.6) is 5.75 Å². The zero-order valence-corrected chi connectivity index (χ0v) is 14.9. The Hall–Kier alpha value is -2.41. The summed E-state index contributed by atoms with van der Waals surface area (Å²) in [4.78, 5) is 14.7. The minimum atomic E-state index is -0.441. The van der Waals surface area contributed by atoms with E-state index in [1.807, 2.05) is 51.1 Å². The van der Waals surface area contributed by atoms with E-state index in [9.17, 15) is 4.79 Å². The summed E-state index contributed by atoms with van der Waals surface area (Å²) in [5, 5.41) is 7.79. The van der Waals surface area contributed by atoms with Gasteiger partial charge in [-0.05, 0) is 32.9 Å². The van der Waals surface area contributed by atoms with Crippen molar-refractivity contribution in [2.45, 2.75) is 39.0 Å². The van der Waals surface area contributed by atoms with Gasteiger partial charge in [0.05, 0.1) is 18.3 Å². The normalized spacial score (nSPS) is 19.6. The van der Waals surface area contributed by atoms with E-state index < -0.39 is 5.60 Å². The summed E-state index contributed by atoms with van der Waals surface area (Å²) in [5.41, 5.74) is 0.0614. The molecule has 0 bridgehead atoms. The fourth-order valence-electron chi connectivity index (χ4n) is 3.06. The molecule has 1 amide bonds. The Morgan fingerprint density at radius 1 is 1.36 bits per heavy atom. The molecule has 1 aromatic heterocycles. The van der Waals surface area contributed by atoms with E-state index in [1.165, 1.54) is 6.20 Å². The predicted octanol–water partition coefficient (Wildman–Crippen LogP) is 2.00. The van der Waals surface area contributed by atoms with E-state index >= 15 is 0 Å². The van der Waals surface area contributed by atoms with E-state index in [4.69, 9.17) is 9.47 Å². The smallest absolute Gasteiger partial charge is 0.273 e. The largest absolute Gasteiger partial charge is 0.491 e. The number of ether oxygens (including phenoxy) is 2. The zero-order chi connectivity index (χ0) is 17.9. The maximum absolute atomic E-state index is 12.9. The van der Waals surface area contributed by atoms with Gasteiger partial charge in [0.25, 0.3) is 5.91 Å². The standard InChI is InChI=1S/C18H24N4O3/c1-4-22-16(10-19-20-22)17(23)21-11-15(25-18(2,3)13-21)12-24-14-8-6-5-7-9-14/h5-10,15H,4,11-13H2,1-3H3/t15-/m1/s1. The van der Waals surface area contributed by atoms with Gasteiger partial charge in [0, 0.05) is 13.1 Å². The van der Waals surface area contributed by atoms with Gasteiger partial charge in [-0.25, -0.2) is 4.68 Å². The molecule has 2 heterocycles. The molecule has 7 heteroatoms. The first-order chi connectivity index (χ1) is 12.0. The van der Waals surface area contributed by atoms with Crippen LogP contribution in [0, 0.1) is 0 Å². The molecule has 1 atom stereocenters. The highest BCUT2D eigenvalue weighted by molar-refractivity contribution is 5.92. The number of rotatable bonds is 5. The van der Waals surface area contributed by atoms with Crippen LogP contribution in [0.2, 0.25) is 0 Å². The number of nitrogens with zero attached hydrogens (tertiary/aromatic N) is 4. The van der Waals surface area contributed by atoms with Crippen molar-refractivity contribution in [1.29, 1.82) is 0 Å². The molecule has 1 fully saturated rings. The van der Waals surface area contributed by atoms with Crippen molar-refractivity contribution >= 4 is 5.91 Å². The van der Waals surface area contributed by atoms with Gasteiger partial charge in [-0.15, -0.1) is 5.10 Å². The molecule has 0 radical (unpaired) electrons. The van der Waals surface area contributed by atoms with Crippen LogP contribution in [-0.4, -0.2) is 57.2 Å². The number of carbonyl (C=O) groups is 1. The number of amides is 1. The third kappa shape index (κ3) is 4.17. The lowest BCUT2D eigenvalue weighted by atomic mass is 10.0. The van der Waals surface area contributed by atoms with Crippen molar-refractivity contribution in [3.8, 4) is 5.75 Å². The molecule has 1 saturated heterocycles. The second-order valence-corrected chi connectivity index (χ2v) is 6.74. The number of hydrogen-bond donors (Lipinski definition) is 0. The first-order valence-electron chi connectivity index (χ1n) is 8.52. The minimum Gasteiger partial charge on any atom is -0.491 e. The van der Waals surface area contributed by atoms with Crippen LogP contribution in [0.4, 0.5) is 0 Å². The highest BCUT2D eigenvalue weighted by atomic mass is 16.5. The quantitative estimate of drug-likeness (QED) is 0.830. The molecule has 1 aromatic carbocycles. The van der Waals surface area contributed by atoms with Crippen molar-refractivity contribution in [1.82, 2.24) is 19.9 Å². The number of morpholine rings is 1. The zero-order valence-electron chi connectivity index (χ0n) is 14.9. The Morgan fingerprint density at radius 3 is 2.84 bits per heavy atom. The number of hydrogen-bond acceptors (Lipinski definition) is 5. The summed E-state index contributed by atoms with van der Waals surface area (Å²) < 4.78 is 13.5. The van der Waals surface area contributed by atoms with E-state index in [-0.39, 0.29) is 12.0 Å². The lowest BCUT2D eigenvalue weighted by Gasteiger charge is -2.42. The first kappa shape index (κ1) is 17.4. The Balaban J connectivity index is 1.69. The summed E-state index contributed by atoms with van der Waals surface area (Å²) in [5.74, 6) is 0.716. The summed E-state index contributed by atoms with van der Waals surface area (Å²) in [6.07, 6.45) is 1.32. The predicted molar refractivity (Wildman–Crippen MR) is 92.5 cm³/mol. The lowest BCUT2D eigenvalue weighted by Crippen LogP contribution is -2.56. The van der Waals surface area contributed by atoms with Gasteiger partial charge in [0.2, 0.25) is 0 Å². The highest BCUT2D eigenvalue weighted by Gasteiger charge is 2.37. The summed E-state index contributed by atoms with van der Waals surface area (Å²) in [6.45, 7) is 7.89. The topological polar surface area (TPSA) is 69.5 Å². The van der Waals surface area contributed by atoms with Crippen LogP contribution in [0.25, 0.3) is 0 Å². The minimum absolute atomic E-state index is 0.0760. The lowest BCUT2D eigenvalue weighted by molar-refractivity contribution is -0.136. The Morgan fingerprint density at radius 2 is 2.12 bits per heavy atom. The fourth-order valence-corrected chi connectivity index (χ4v) is 3.06. The van der Waals surface area contributed by atoms with Gasteiger partial charge in [0.1, 0.15) is 24.2 Å². The average Bonchev–Trinajstić information content (AvgIpc) is 3.07. The van der Waals surface area contributed by atoms with Gasteiger partial charge < -0.3 is 14.4 Å². The second-order valence-electron chi connectivity index (χ2n) is 6.74. The molecule has 0 aliphatic carbocycles. The van der Waals surface area contributed by atoms with Crippen LogP contribution in [-0.2, 0) is 11.3 Å². The monoisotopic (exact) mass is 344 g/mol. The van der Waals surface area contributed by atoms with Crippen molar-refractivity contribution in [3.05, 3.63) is 42.2 Å². The van der Waals surface area contributed by atoms with Crippen LogP contribution in [0.15, 0.2) is 36.5 Å². The molecule has 0 spiro atoms. The molecule has 0 unspecified atom stereocenters. The first-order valence-corrected chi connectivity index (χ1v) is 8.52. The molecular formula is C18H24N4O3. The van der Waals surface area contributed by atoms with Crippen LogP contribution >= 0.6 is 0 Å². The fraction of sp³-hybridized carbons (Fsp3) is 0.500. The SMILES string of the molecule is CCn1nncc1C(=O)N1C[C@H](COc2ccccc2)OC(C)(C)C1. The molecular weight excluding hydrogens is 320 g/mol. The van der Waals surface area contributed by atoms with Crippen molar-refractivity contribution in [2.24, 2.45) is 0 Å². The Kier molecular flexibility index (Phi) is 5.03. The molecule has 0 N–H and O–H groups in total. The molecule has 25 heavy (non-hydrogen) atoms. The maximum Gasteiger partial charge on any atom is 0.273 e. The van der Waals surface area contributed by atoms with E-state index in [1.54, 1.807) is 9.58 Å². The Labute approximate surface area is 147 Å². The van der Waals surface area contributed by atoms with E-state index in [0.717, 1.165) is 5.75 Å². The third-order valence-corrected chi connectivity index (χ3v) is 4.08. The van der Waals surface area contributed by atoms with Crippen molar-refractivity contribution in [2.75, 3.05) is 19.7 Å². The van der Waals surface area contributed by atoms with Gasteiger partial charge in [0.15, 0.2) is 0 Å². The van der Waals surface area contributed by atoms with Gasteiger partial charge >= 0.3 is 0 Å². The number of para-hydroxylation sites is 1. The van der Waals surface area contributed by atoms with Crippen LogP contribution in [0.1, 0.15) is 31.3 Å². The van der Waals surface area contributed by atoms with Crippen molar-refractivity contribution in [3.63, 3.8) is 0 Å². The van der Waals surface area contributed by atoms with Crippen LogP contribution < -0.4 is 4.74 Å². The Bertz CT molecular complexity index is 714. The second kappa shape index (κ2) is 7.23. The molecule has 134 valence electrons. The molecule has 7 nitrogen and oxygen atoms in total.